The molecule has 2 aromatic rings. The number of hydrogen-bond donors (Lipinski definition) is 2. The molecule has 0 saturated carbocycles. The van der Waals surface area contributed by atoms with E-state index in [9.17, 15) is 19.5 Å². The monoisotopic (exact) mass is 582 g/mol. The van der Waals surface area contributed by atoms with Gasteiger partial charge in [-0.25, -0.2) is 0 Å². The Hall–Kier alpha value is -3.12. The molecular weight excluding hydrogens is 543 g/mol. The van der Waals surface area contributed by atoms with Gasteiger partial charge in [-0.3, -0.25) is 14.4 Å². The summed E-state index contributed by atoms with van der Waals surface area (Å²) in [5.41, 5.74) is 0.744. The Balaban J connectivity index is 1.50. The normalized spacial score (nSPS) is 26.1. The molecule has 3 amide bonds. The fourth-order valence-electron chi connectivity index (χ4n) is 6.91. The van der Waals surface area contributed by atoms with Crippen LogP contribution >= 0.6 is 0 Å². The van der Waals surface area contributed by atoms with E-state index in [0.717, 1.165) is 5.56 Å². The molecule has 2 N–H and O–H groups in total. The van der Waals surface area contributed by atoms with Gasteiger partial charge in [0, 0.05) is 55.9 Å². The number of ether oxygens (including phenoxy) is 1. The molecule has 41 heavy (non-hydrogen) atoms. The Morgan fingerprint density at radius 1 is 1.22 bits per heavy atom. The highest BCUT2D eigenvalue weighted by atomic mass is 28.4. The van der Waals surface area contributed by atoms with Crippen LogP contribution in [0.3, 0.4) is 0 Å². The van der Waals surface area contributed by atoms with Gasteiger partial charge in [-0.2, -0.15) is 0 Å². The number of aliphatic hydroxyl groups excluding tert-OH is 1. The topological polar surface area (TPSA) is 102 Å². The van der Waals surface area contributed by atoms with Gasteiger partial charge in [-0.05, 0) is 36.9 Å². The fourth-order valence-corrected chi connectivity index (χ4v) is 9.40. The largest absolute Gasteiger partial charge is 0.395 e. The molecule has 0 bridgehead atoms. The average Bonchev–Trinajstić information content (AvgIpc) is 3.35. The van der Waals surface area contributed by atoms with Crippen molar-refractivity contribution in [2.24, 2.45) is 5.92 Å². The summed E-state index contributed by atoms with van der Waals surface area (Å²) in [6.45, 7) is 6.67. The third kappa shape index (κ3) is 5.20. The van der Waals surface area contributed by atoms with Crippen molar-refractivity contribution in [3.05, 3.63) is 59.7 Å². The van der Waals surface area contributed by atoms with Gasteiger partial charge < -0.3 is 34.0 Å². The molecule has 0 aliphatic carbocycles. The van der Waals surface area contributed by atoms with Gasteiger partial charge in [0.25, 0.3) is 5.91 Å². The number of halogens is 1. The van der Waals surface area contributed by atoms with Crippen molar-refractivity contribution in [3.63, 3.8) is 0 Å². The zero-order valence-electron chi connectivity index (χ0n) is 24.1. The molecule has 3 aliphatic rings. The van der Waals surface area contributed by atoms with Gasteiger partial charge in [0.1, 0.15) is 0 Å². The number of aliphatic hydroxyl groups is 1. The van der Waals surface area contributed by atoms with Gasteiger partial charge in [0.2, 0.25) is 20.2 Å². The minimum atomic E-state index is -3.46. The first-order valence-corrected chi connectivity index (χ1v) is 17.2. The maximum absolute atomic E-state index is 16.1. The minimum absolute atomic E-state index is 0.0654. The zero-order valence-corrected chi connectivity index (χ0v) is 25.1. The molecule has 0 unspecified atom stereocenters. The number of likely N-dealkylation sites (N-methyl/N-ethyl adjacent to an activating group) is 1. The summed E-state index contributed by atoms with van der Waals surface area (Å²) in [6.07, 6.45) is -0.930. The number of carbonyl (C=O) groups excluding carboxylic acids is 3. The molecule has 5 rings (SSSR count). The van der Waals surface area contributed by atoms with Crippen LogP contribution in [-0.2, 0) is 31.3 Å². The number of amides is 3. The van der Waals surface area contributed by atoms with Gasteiger partial charge in [-0.15, -0.1) is 0 Å². The second-order valence-corrected chi connectivity index (χ2v) is 15.6. The summed E-state index contributed by atoms with van der Waals surface area (Å²) in [4.78, 5) is 45.1. The third-order valence-corrected chi connectivity index (χ3v) is 11.2. The van der Waals surface area contributed by atoms with E-state index < -0.39 is 31.6 Å². The van der Waals surface area contributed by atoms with E-state index in [-0.39, 0.29) is 43.8 Å². The van der Waals surface area contributed by atoms with E-state index in [1.54, 1.807) is 29.9 Å². The lowest BCUT2D eigenvalue weighted by Gasteiger charge is -2.32. The molecule has 11 heteroatoms. The number of piperazine rings is 1. The lowest BCUT2D eigenvalue weighted by atomic mass is 9.82. The summed E-state index contributed by atoms with van der Waals surface area (Å²) < 4.78 is 22.8. The summed E-state index contributed by atoms with van der Waals surface area (Å²) in [5, 5.41) is 12.7. The van der Waals surface area contributed by atoms with Crippen LogP contribution in [0.5, 0.6) is 0 Å². The smallest absolute Gasteiger partial charge is 0.264 e. The van der Waals surface area contributed by atoms with E-state index in [1.165, 1.54) is 4.90 Å². The molecule has 9 nitrogen and oxygen atoms in total. The van der Waals surface area contributed by atoms with Crippen LogP contribution in [0.25, 0.3) is 0 Å². The average molecular weight is 583 g/mol. The number of fused-ring (bicyclic) bond motifs is 2. The molecule has 2 saturated heterocycles. The molecule has 2 aromatic carbocycles. The van der Waals surface area contributed by atoms with Crippen LogP contribution < -0.4 is 15.1 Å². The zero-order chi connectivity index (χ0) is 29.5. The first kappa shape index (κ1) is 29.4. The number of carbonyl (C=O) groups is 3. The first-order valence-electron chi connectivity index (χ1n) is 14.2. The van der Waals surface area contributed by atoms with Gasteiger partial charge in [0.05, 0.1) is 31.4 Å². The summed E-state index contributed by atoms with van der Waals surface area (Å²) in [5.74, 6) is -1.17. The van der Waals surface area contributed by atoms with Crippen LogP contribution in [0, 0.1) is 5.92 Å². The number of hydrogen-bond acceptors (Lipinski definition) is 6. The van der Waals surface area contributed by atoms with Gasteiger partial charge in [0.15, 0.2) is 5.60 Å². The quantitative estimate of drug-likeness (QED) is 0.367. The summed E-state index contributed by atoms with van der Waals surface area (Å²) in [7, 11) is -1.78. The Bertz CT molecular complexity index is 1320. The number of benzene rings is 2. The third-order valence-electron chi connectivity index (χ3n) is 8.79. The van der Waals surface area contributed by atoms with Crippen LogP contribution in [-0.4, -0.2) is 82.1 Å². The number of anilines is 2. The highest BCUT2D eigenvalue weighted by molar-refractivity contribution is 6.72. The van der Waals surface area contributed by atoms with Crippen molar-refractivity contribution in [1.29, 1.82) is 0 Å². The standard InChI is InChI=1S/C30H39FN4O5Si/c1-20-28(41(3,4)31)25(17-26(37)34(14-15-36)19-21-8-6-5-7-9-21)40-30(20)23-16-22(35-13-12-32-18-27(35)38)10-11-24(23)33(2)29(30)39/h5-11,16,20,25,28,32,36H,12-15,17-19H2,1-4H3/t20-,25+,28-,30+/m1/s1. The van der Waals surface area contributed by atoms with Crippen LogP contribution in [0.15, 0.2) is 48.5 Å². The van der Waals surface area contributed by atoms with E-state index >= 15 is 4.11 Å². The lowest BCUT2D eigenvalue weighted by molar-refractivity contribution is -0.149. The predicted molar refractivity (Wildman–Crippen MR) is 157 cm³/mol. The molecule has 2 fully saturated rings. The van der Waals surface area contributed by atoms with E-state index in [1.807, 2.05) is 55.5 Å². The van der Waals surface area contributed by atoms with Crippen LogP contribution in [0.4, 0.5) is 15.5 Å². The van der Waals surface area contributed by atoms with E-state index in [0.29, 0.717) is 36.6 Å². The lowest BCUT2D eigenvalue weighted by Crippen LogP contribution is -2.48. The fraction of sp³-hybridized carbons (Fsp3) is 0.500. The Morgan fingerprint density at radius 2 is 1.95 bits per heavy atom. The van der Waals surface area contributed by atoms with E-state index in [2.05, 4.69) is 5.32 Å². The van der Waals surface area contributed by atoms with Gasteiger partial charge in [-0.1, -0.05) is 37.3 Å². The molecular formula is C30H39FN4O5Si. The molecule has 3 heterocycles. The van der Waals surface area contributed by atoms with Crippen molar-refractivity contribution in [3.8, 4) is 0 Å². The highest BCUT2D eigenvalue weighted by Crippen LogP contribution is 2.60. The van der Waals surface area contributed by atoms with E-state index in [4.69, 9.17) is 4.74 Å². The van der Waals surface area contributed by atoms with Crippen molar-refractivity contribution >= 4 is 37.5 Å². The molecule has 0 aromatic heterocycles. The molecule has 3 aliphatic heterocycles. The summed E-state index contributed by atoms with van der Waals surface area (Å²) in [6, 6.07) is 15.0. The van der Waals surface area contributed by atoms with Crippen molar-refractivity contribution in [2.75, 3.05) is 49.6 Å². The SMILES string of the molecule is C[C@@H]1[C@@H]([Si](C)(C)F)[C@H](CC(=O)N(CCO)Cc2ccccc2)O[C@@]12C(=O)N(C)c1ccc(N3CCNCC3=O)cc12. The molecule has 0 radical (unpaired) electrons. The Labute approximate surface area is 241 Å². The van der Waals surface area contributed by atoms with Crippen molar-refractivity contribution in [1.82, 2.24) is 10.2 Å². The van der Waals surface area contributed by atoms with Crippen LogP contribution in [0.2, 0.25) is 18.6 Å². The maximum Gasteiger partial charge on any atom is 0.264 e. The number of rotatable bonds is 8. The molecule has 4 atom stereocenters. The molecule has 220 valence electrons. The number of nitrogens with zero attached hydrogens (tertiary/aromatic N) is 3. The first-order chi connectivity index (χ1) is 19.5. The Kier molecular flexibility index (Phi) is 8.08. The second kappa shape index (κ2) is 11.3. The number of nitrogens with one attached hydrogen (secondary N) is 1. The highest BCUT2D eigenvalue weighted by Gasteiger charge is 2.66. The minimum Gasteiger partial charge on any atom is -0.395 e. The van der Waals surface area contributed by atoms with Crippen molar-refractivity contribution < 1.29 is 28.3 Å². The Morgan fingerprint density at radius 3 is 2.61 bits per heavy atom. The van der Waals surface area contributed by atoms with Crippen LogP contribution in [0.1, 0.15) is 24.5 Å². The molecule has 1 spiro atoms. The maximum atomic E-state index is 16.1. The van der Waals surface area contributed by atoms with Gasteiger partial charge >= 0.3 is 0 Å². The van der Waals surface area contributed by atoms with Crippen molar-refractivity contribution in [2.45, 2.75) is 50.2 Å². The predicted octanol–water partition coefficient (Wildman–Crippen LogP) is 2.79. The second-order valence-electron chi connectivity index (χ2n) is 11.8. The summed E-state index contributed by atoms with van der Waals surface area (Å²) >= 11 is 0.